The lowest BCUT2D eigenvalue weighted by molar-refractivity contribution is -0.104. The van der Waals surface area contributed by atoms with Crippen molar-refractivity contribution in [1.29, 1.82) is 0 Å². The maximum atomic E-state index is 11.6. The Hall–Kier alpha value is -3.11. The zero-order valence-corrected chi connectivity index (χ0v) is 28.9. The fourth-order valence-corrected chi connectivity index (χ4v) is 3.32. The van der Waals surface area contributed by atoms with Gasteiger partial charge in [-0.1, -0.05) is 97.4 Å². The highest BCUT2D eigenvalue weighted by atomic mass is 16.5. The molecule has 1 aliphatic rings. The van der Waals surface area contributed by atoms with Gasteiger partial charge in [0.1, 0.15) is 0 Å². The lowest BCUT2D eigenvalue weighted by atomic mass is 9.94. The van der Waals surface area contributed by atoms with Crippen molar-refractivity contribution in [3.8, 4) is 0 Å². The number of hydrogen-bond donors (Lipinski definition) is 0. The highest BCUT2D eigenvalue weighted by molar-refractivity contribution is 5.94. The van der Waals surface area contributed by atoms with E-state index in [0.29, 0.717) is 12.2 Å². The van der Waals surface area contributed by atoms with Crippen molar-refractivity contribution in [2.45, 2.75) is 115 Å². The van der Waals surface area contributed by atoms with Gasteiger partial charge in [0.25, 0.3) is 0 Å². The van der Waals surface area contributed by atoms with Gasteiger partial charge in [0, 0.05) is 42.6 Å². The first-order valence-corrected chi connectivity index (χ1v) is 15.6. The monoisotopic (exact) mass is 576 g/mol. The normalized spacial score (nSPS) is 13.4. The highest BCUT2D eigenvalue weighted by Crippen LogP contribution is 2.43. The molecule has 0 saturated heterocycles. The fourth-order valence-electron chi connectivity index (χ4n) is 3.32. The Morgan fingerprint density at radius 1 is 1.05 bits per heavy atom. The van der Waals surface area contributed by atoms with Gasteiger partial charge >= 0.3 is 0 Å². The Kier molecular flexibility index (Phi) is 23.9. The number of methoxy groups -OCH3 is 1. The quantitative estimate of drug-likeness (QED) is 0.122. The summed E-state index contributed by atoms with van der Waals surface area (Å²) in [4.78, 5) is 20.3. The Balaban J connectivity index is 0. The molecule has 0 spiro atoms. The van der Waals surface area contributed by atoms with Gasteiger partial charge < -0.3 is 4.74 Å². The molecule has 1 aromatic carbocycles. The zero-order valence-electron chi connectivity index (χ0n) is 28.9. The van der Waals surface area contributed by atoms with Crippen molar-refractivity contribution in [3.05, 3.63) is 94.5 Å². The molecule has 4 nitrogen and oxygen atoms in total. The predicted molar refractivity (Wildman–Crippen MR) is 186 cm³/mol. The van der Waals surface area contributed by atoms with E-state index in [4.69, 9.17) is 4.74 Å². The van der Waals surface area contributed by atoms with Crippen LogP contribution in [0.25, 0.3) is 5.57 Å². The minimum Gasteiger partial charge on any atom is -0.380 e. The van der Waals surface area contributed by atoms with Crippen LogP contribution < -0.4 is 0 Å². The SMILES string of the molecule is C=C(C)C(=C\N=CC)/C(C=O)=C(\C)c1ccc(CCCC)nc1.CC.CC.CC1(C)CC1.COCc1ccc(C)cc1. The van der Waals surface area contributed by atoms with Crippen LogP contribution in [0.1, 0.15) is 117 Å². The molecular weight excluding hydrogens is 516 g/mol. The van der Waals surface area contributed by atoms with E-state index in [2.05, 4.69) is 68.5 Å². The summed E-state index contributed by atoms with van der Waals surface area (Å²) in [7, 11) is 1.71. The summed E-state index contributed by atoms with van der Waals surface area (Å²) >= 11 is 0. The number of carbonyl (C=O) groups is 1. The summed E-state index contributed by atoms with van der Waals surface area (Å²) < 4.78 is 4.97. The average molecular weight is 577 g/mol. The Morgan fingerprint density at radius 3 is 2.00 bits per heavy atom. The summed E-state index contributed by atoms with van der Waals surface area (Å²) in [5.41, 5.74) is 8.35. The third-order valence-electron chi connectivity index (χ3n) is 6.35. The van der Waals surface area contributed by atoms with Crippen LogP contribution in [-0.2, 0) is 22.6 Å². The molecule has 2 aromatic rings. The van der Waals surface area contributed by atoms with Gasteiger partial charge in [0.2, 0.25) is 0 Å². The standard InChI is InChI=1S/C20H26N2O.C9H12O.C5H10.2C2H6/c1-6-8-9-18-11-10-17(12-22-18)16(5)20(14-23)19(15(3)4)13-21-7-2;1-8-3-5-9(6-4-8)7-10-2;1-5(2)3-4-5;2*1-2/h7,10-14H,3,6,8-9H2,1-2,4-5H3;3-6H,7H2,1-2H3;3-4H2,1-2H3;2*1-2H3/b19-13+,20-16+,21-7?;;;;. The molecule has 0 amide bonds. The summed E-state index contributed by atoms with van der Waals surface area (Å²) in [6.45, 7) is 27.1. The third kappa shape index (κ3) is 18.3. The first kappa shape index (κ1) is 41.0. The van der Waals surface area contributed by atoms with Crippen molar-refractivity contribution < 1.29 is 9.53 Å². The maximum absolute atomic E-state index is 11.6. The molecule has 0 N–H and O–H groups in total. The summed E-state index contributed by atoms with van der Waals surface area (Å²) in [6, 6.07) is 12.4. The lowest BCUT2D eigenvalue weighted by Crippen LogP contribution is -1.98. The van der Waals surface area contributed by atoms with Crippen LogP contribution >= 0.6 is 0 Å². The van der Waals surface area contributed by atoms with E-state index >= 15 is 0 Å². The number of nitrogens with zero attached hydrogens (tertiary/aromatic N) is 2. The second kappa shape index (κ2) is 24.5. The number of benzene rings is 1. The number of pyridine rings is 1. The second-order valence-electron chi connectivity index (χ2n) is 10.6. The molecule has 0 unspecified atom stereocenters. The van der Waals surface area contributed by atoms with Crippen LogP contribution in [0.4, 0.5) is 0 Å². The van der Waals surface area contributed by atoms with E-state index in [1.54, 1.807) is 19.5 Å². The predicted octanol–water partition coefficient (Wildman–Crippen LogP) is 10.9. The van der Waals surface area contributed by atoms with Crippen molar-refractivity contribution in [2.75, 3.05) is 7.11 Å². The maximum Gasteiger partial charge on any atom is 0.151 e. The van der Waals surface area contributed by atoms with Crippen molar-refractivity contribution >= 4 is 18.1 Å². The van der Waals surface area contributed by atoms with Gasteiger partial charge in [-0.15, -0.1) is 0 Å². The van der Waals surface area contributed by atoms with Gasteiger partial charge in [-0.3, -0.25) is 14.8 Å². The number of hydrogen-bond acceptors (Lipinski definition) is 4. The Morgan fingerprint density at radius 2 is 1.62 bits per heavy atom. The Labute approximate surface area is 259 Å². The minimum absolute atomic E-state index is 0.603. The first-order chi connectivity index (χ1) is 20.1. The van der Waals surface area contributed by atoms with Crippen molar-refractivity contribution in [1.82, 2.24) is 4.98 Å². The van der Waals surface area contributed by atoms with Gasteiger partial charge in [-0.05, 0) is 87.1 Å². The van der Waals surface area contributed by atoms with E-state index < -0.39 is 0 Å². The van der Waals surface area contributed by atoms with Gasteiger partial charge in [0.15, 0.2) is 6.29 Å². The van der Waals surface area contributed by atoms with Crippen LogP contribution in [0.3, 0.4) is 0 Å². The molecule has 0 atom stereocenters. The van der Waals surface area contributed by atoms with Gasteiger partial charge in [0.05, 0.1) is 6.61 Å². The number of aromatic nitrogens is 1. The summed E-state index contributed by atoms with van der Waals surface area (Å²) in [6.07, 6.45) is 12.3. The van der Waals surface area contributed by atoms with Crippen LogP contribution in [0, 0.1) is 12.3 Å². The number of ether oxygens (including phenoxy) is 1. The van der Waals surface area contributed by atoms with Crippen LogP contribution in [0.2, 0.25) is 0 Å². The molecule has 4 heteroatoms. The molecule has 0 aliphatic heterocycles. The first-order valence-electron chi connectivity index (χ1n) is 15.6. The number of aryl methyl sites for hydroxylation is 2. The van der Waals surface area contributed by atoms with Gasteiger partial charge in [-0.25, -0.2) is 0 Å². The fraction of sp³-hybridized carbons (Fsp3) is 0.500. The molecular formula is C38H60N2O2. The molecule has 1 aliphatic carbocycles. The number of unbranched alkanes of at least 4 members (excludes halogenated alkanes) is 1. The van der Waals surface area contributed by atoms with Gasteiger partial charge in [-0.2, -0.15) is 0 Å². The molecule has 0 bridgehead atoms. The van der Waals surface area contributed by atoms with E-state index in [1.165, 1.54) is 24.0 Å². The lowest BCUT2D eigenvalue weighted by Gasteiger charge is -2.11. The number of carbonyl (C=O) groups excluding carboxylic acids is 1. The van der Waals surface area contributed by atoms with Crippen molar-refractivity contribution in [2.24, 2.45) is 10.4 Å². The molecule has 1 aromatic heterocycles. The van der Waals surface area contributed by atoms with Crippen LogP contribution in [0.5, 0.6) is 0 Å². The molecule has 1 saturated carbocycles. The zero-order chi connectivity index (χ0) is 32.6. The minimum atomic E-state index is 0.603. The molecule has 1 fully saturated rings. The smallest absolute Gasteiger partial charge is 0.151 e. The molecule has 234 valence electrons. The molecule has 3 rings (SSSR count). The number of aldehydes is 1. The van der Waals surface area contributed by atoms with Crippen LogP contribution in [-0.4, -0.2) is 24.6 Å². The van der Waals surface area contributed by atoms with E-state index in [9.17, 15) is 4.79 Å². The van der Waals surface area contributed by atoms with E-state index in [0.717, 1.165) is 58.9 Å². The summed E-state index contributed by atoms with van der Waals surface area (Å²) in [5.74, 6) is 0. The molecule has 0 radical (unpaired) electrons. The van der Waals surface area contributed by atoms with E-state index in [-0.39, 0.29) is 0 Å². The summed E-state index contributed by atoms with van der Waals surface area (Å²) in [5, 5.41) is 0. The largest absolute Gasteiger partial charge is 0.380 e. The molecule has 42 heavy (non-hydrogen) atoms. The van der Waals surface area contributed by atoms with E-state index in [1.807, 2.05) is 66.8 Å². The number of allylic oxidation sites excluding steroid dienone is 4. The Bertz CT molecular complexity index is 1080. The number of rotatable bonds is 10. The average Bonchev–Trinajstić information content (AvgIpc) is 3.71. The third-order valence-corrected chi connectivity index (χ3v) is 6.35. The second-order valence-corrected chi connectivity index (χ2v) is 10.6. The van der Waals surface area contributed by atoms with Crippen molar-refractivity contribution in [3.63, 3.8) is 0 Å². The number of aliphatic imine (C=N–C) groups is 1. The molecule has 1 heterocycles. The van der Waals surface area contributed by atoms with Crippen LogP contribution in [0.15, 0.2) is 77.1 Å². The topological polar surface area (TPSA) is 51.5 Å². The highest BCUT2D eigenvalue weighted by Gasteiger charge is 2.30.